The van der Waals surface area contributed by atoms with Crippen molar-refractivity contribution in [2.24, 2.45) is 22.2 Å². The Morgan fingerprint density at radius 2 is 1.71 bits per heavy atom. The normalized spacial score (nSPS) is 23.9. The van der Waals surface area contributed by atoms with Crippen molar-refractivity contribution in [3.05, 3.63) is 23.3 Å². The molecule has 0 aromatic heterocycles. The van der Waals surface area contributed by atoms with Crippen LogP contribution in [0.1, 0.15) is 65.9 Å². The van der Waals surface area contributed by atoms with Crippen molar-refractivity contribution in [3.8, 4) is 11.5 Å². The van der Waals surface area contributed by atoms with Gasteiger partial charge in [-0.15, -0.1) is 0 Å². The highest BCUT2D eigenvalue weighted by Gasteiger charge is 2.49. The summed E-state index contributed by atoms with van der Waals surface area (Å²) in [6, 6.07) is 3.75. The van der Waals surface area contributed by atoms with Crippen LogP contribution in [-0.2, 0) is 19.0 Å². The molecule has 0 bridgehead atoms. The fourth-order valence-corrected chi connectivity index (χ4v) is 4.01. The molecule has 1 unspecified atom stereocenters. The first-order valence-electron chi connectivity index (χ1n) is 10.9. The summed E-state index contributed by atoms with van der Waals surface area (Å²) in [5.74, 6) is 1.36. The minimum absolute atomic E-state index is 0.154. The Morgan fingerprint density at radius 1 is 1.13 bits per heavy atom. The van der Waals surface area contributed by atoms with Crippen LogP contribution in [0.4, 0.5) is 0 Å². The first-order chi connectivity index (χ1) is 14.3. The van der Waals surface area contributed by atoms with Gasteiger partial charge in [-0.05, 0) is 36.8 Å². The number of benzene rings is 1. The molecule has 1 aromatic carbocycles. The Bertz CT molecular complexity index is 771. The minimum Gasteiger partial charge on any atom is -0.497 e. The van der Waals surface area contributed by atoms with Crippen LogP contribution in [0, 0.1) is 29.1 Å². The Labute approximate surface area is 187 Å². The van der Waals surface area contributed by atoms with Crippen molar-refractivity contribution in [2.75, 3.05) is 34.0 Å². The summed E-state index contributed by atoms with van der Waals surface area (Å²) >= 11 is 0. The molecule has 6 heteroatoms. The van der Waals surface area contributed by atoms with E-state index in [4.69, 9.17) is 23.7 Å². The Kier molecular flexibility index (Phi) is 7.70. The van der Waals surface area contributed by atoms with Crippen LogP contribution in [0.15, 0.2) is 12.1 Å². The molecule has 1 aromatic rings. The van der Waals surface area contributed by atoms with E-state index in [9.17, 15) is 4.79 Å². The summed E-state index contributed by atoms with van der Waals surface area (Å²) < 4.78 is 28.8. The number of hydrogen-bond donors (Lipinski definition) is 0. The molecule has 1 atom stereocenters. The van der Waals surface area contributed by atoms with Crippen molar-refractivity contribution in [2.45, 2.75) is 61.7 Å². The monoisotopic (exact) mass is 436 g/mol. The highest BCUT2D eigenvalue weighted by molar-refractivity contribution is 5.77. The van der Waals surface area contributed by atoms with E-state index in [-0.39, 0.29) is 23.9 Å². The molecule has 176 valence electrons. The second-order valence-corrected chi connectivity index (χ2v) is 10.5. The van der Waals surface area contributed by atoms with E-state index >= 15 is 0 Å². The first kappa shape index (κ1) is 25.5. The molecule has 0 N–H and O–H groups in total. The van der Waals surface area contributed by atoms with Crippen LogP contribution in [0.25, 0.3) is 0 Å². The fraction of sp³-hybridized carbons (Fsp3) is 0.720. The third-order valence-electron chi connectivity index (χ3n) is 6.87. The van der Waals surface area contributed by atoms with Crippen LogP contribution in [0.2, 0.25) is 0 Å². The lowest BCUT2D eigenvalue weighted by Crippen LogP contribution is -2.48. The quantitative estimate of drug-likeness (QED) is 0.540. The second kappa shape index (κ2) is 9.37. The lowest BCUT2D eigenvalue weighted by Gasteiger charge is -2.44. The zero-order valence-electron chi connectivity index (χ0n) is 20.9. The summed E-state index contributed by atoms with van der Waals surface area (Å²) in [7, 11) is 3.24. The average Bonchev–Trinajstić information content (AvgIpc) is 2.70. The summed E-state index contributed by atoms with van der Waals surface area (Å²) in [5.41, 5.74) is 0.592. The zero-order chi connectivity index (χ0) is 23.6. The molecular weight excluding hydrogens is 396 g/mol. The van der Waals surface area contributed by atoms with Gasteiger partial charge in [0, 0.05) is 11.5 Å². The van der Waals surface area contributed by atoms with Crippen LogP contribution < -0.4 is 9.47 Å². The van der Waals surface area contributed by atoms with Gasteiger partial charge in [0.15, 0.2) is 6.29 Å². The number of aryl methyl sites for hydroxylation is 1. The van der Waals surface area contributed by atoms with Crippen LogP contribution in [0.3, 0.4) is 0 Å². The molecule has 6 nitrogen and oxygen atoms in total. The first-order valence-corrected chi connectivity index (χ1v) is 10.9. The van der Waals surface area contributed by atoms with Gasteiger partial charge in [-0.25, -0.2) is 0 Å². The van der Waals surface area contributed by atoms with E-state index in [1.807, 2.05) is 32.9 Å². The smallest absolute Gasteiger partial charge is 0.312 e. The molecule has 1 aliphatic rings. The van der Waals surface area contributed by atoms with Gasteiger partial charge in [0.05, 0.1) is 38.4 Å². The SMILES string of the molecule is COc1cc(C)c(C2OCC(C)(COC(=O)C(C)(C(C)C)C(C)(C)C)CO2)c(OC)c1. The Hall–Kier alpha value is -1.79. The Balaban J connectivity index is 2.08. The van der Waals surface area contributed by atoms with E-state index in [1.165, 1.54) is 0 Å². The minimum atomic E-state index is -0.587. The predicted octanol–water partition coefficient (Wildman–Crippen LogP) is 5.32. The summed E-state index contributed by atoms with van der Waals surface area (Å²) in [4.78, 5) is 13.1. The van der Waals surface area contributed by atoms with E-state index in [0.717, 1.165) is 16.9 Å². The number of rotatable bonds is 7. The van der Waals surface area contributed by atoms with Crippen molar-refractivity contribution in [1.29, 1.82) is 0 Å². The maximum Gasteiger partial charge on any atom is 0.312 e. The van der Waals surface area contributed by atoms with Crippen LogP contribution in [0.5, 0.6) is 11.5 Å². The van der Waals surface area contributed by atoms with E-state index in [2.05, 4.69) is 34.6 Å². The molecule has 2 rings (SSSR count). The average molecular weight is 437 g/mol. The number of esters is 1. The van der Waals surface area contributed by atoms with Crippen LogP contribution >= 0.6 is 0 Å². The number of carbonyl (C=O) groups excluding carboxylic acids is 1. The molecule has 0 aliphatic carbocycles. The molecule has 31 heavy (non-hydrogen) atoms. The standard InChI is InChI=1S/C25H40O6/c1-16(2)25(8,23(4,5)6)22(26)31-15-24(7)13-29-21(30-14-24)20-17(3)11-18(27-9)12-19(20)28-10/h11-12,16,21H,13-15H2,1-10H3. The third-order valence-corrected chi connectivity index (χ3v) is 6.87. The van der Waals surface area contributed by atoms with Gasteiger partial charge < -0.3 is 23.7 Å². The van der Waals surface area contributed by atoms with Gasteiger partial charge in [0.1, 0.15) is 18.1 Å². The van der Waals surface area contributed by atoms with Gasteiger partial charge in [-0.3, -0.25) is 4.79 Å². The van der Waals surface area contributed by atoms with Gasteiger partial charge in [-0.2, -0.15) is 0 Å². The van der Waals surface area contributed by atoms with Crippen molar-refractivity contribution < 1.29 is 28.5 Å². The lowest BCUT2D eigenvalue weighted by molar-refractivity contribution is -0.241. The molecule has 0 amide bonds. The third kappa shape index (κ3) is 5.17. The number of hydrogen-bond acceptors (Lipinski definition) is 6. The van der Waals surface area contributed by atoms with Crippen LogP contribution in [-0.4, -0.2) is 40.0 Å². The number of ether oxygens (including phenoxy) is 5. The largest absolute Gasteiger partial charge is 0.497 e. The van der Waals surface area contributed by atoms with Crippen molar-refractivity contribution >= 4 is 5.97 Å². The van der Waals surface area contributed by atoms with E-state index < -0.39 is 17.1 Å². The zero-order valence-corrected chi connectivity index (χ0v) is 20.9. The van der Waals surface area contributed by atoms with Gasteiger partial charge >= 0.3 is 5.97 Å². The fourth-order valence-electron chi connectivity index (χ4n) is 4.01. The topological polar surface area (TPSA) is 63.2 Å². The van der Waals surface area contributed by atoms with Gasteiger partial charge in [-0.1, -0.05) is 41.5 Å². The number of methoxy groups -OCH3 is 2. The summed E-state index contributed by atoms with van der Waals surface area (Å²) in [6.07, 6.45) is -0.542. The molecule has 0 radical (unpaired) electrons. The lowest BCUT2D eigenvalue weighted by atomic mass is 9.62. The maximum atomic E-state index is 13.1. The van der Waals surface area contributed by atoms with Crippen molar-refractivity contribution in [3.63, 3.8) is 0 Å². The summed E-state index contributed by atoms with van der Waals surface area (Å²) in [5, 5.41) is 0. The maximum absolute atomic E-state index is 13.1. The molecule has 1 saturated heterocycles. The molecule has 1 aliphatic heterocycles. The van der Waals surface area contributed by atoms with Gasteiger partial charge in [0.2, 0.25) is 0 Å². The predicted molar refractivity (Wildman–Crippen MR) is 120 cm³/mol. The molecule has 0 saturated carbocycles. The Morgan fingerprint density at radius 3 is 2.16 bits per heavy atom. The molecule has 0 spiro atoms. The molecular formula is C25H40O6. The highest BCUT2D eigenvalue weighted by atomic mass is 16.7. The number of carbonyl (C=O) groups is 1. The molecule has 1 heterocycles. The van der Waals surface area contributed by atoms with E-state index in [0.29, 0.717) is 19.0 Å². The highest BCUT2D eigenvalue weighted by Crippen LogP contribution is 2.46. The van der Waals surface area contributed by atoms with Crippen molar-refractivity contribution in [1.82, 2.24) is 0 Å². The second-order valence-electron chi connectivity index (χ2n) is 10.5. The van der Waals surface area contributed by atoms with Gasteiger partial charge in [0.25, 0.3) is 0 Å². The van der Waals surface area contributed by atoms with E-state index in [1.54, 1.807) is 14.2 Å². The summed E-state index contributed by atoms with van der Waals surface area (Å²) in [6.45, 7) is 17.4. The molecule has 1 fully saturated rings.